The molecule has 0 saturated heterocycles. The molecule has 0 unspecified atom stereocenters. The lowest BCUT2D eigenvalue weighted by Gasteiger charge is -2.33. The Morgan fingerprint density at radius 3 is 2.57 bits per heavy atom. The van der Waals surface area contributed by atoms with Gasteiger partial charge in [-0.25, -0.2) is 0 Å². The van der Waals surface area contributed by atoms with Crippen molar-refractivity contribution in [3.8, 4) is 0 Å². The molecule has 1 heterocycles. The molecule has 2 aliphatic carbocycles. The fraction of sp³-hybridized carbons (Fsp3) is 0.300. The Balaban J connectivity index is 1.57. The van der Waals surface area contributed by atoms with E-state index in [-0.39, 0.29) is 0 Å². The van der Waals surface area contributed by atoms with E-state index < -0.39 is 0 Å². The number of nitrogens with zero attached hydrogens (tertiary/aromatic N) is 1. The predicted octanol–water partition coefficient (Wildman–Crippen LogP) is 4.05. The molecule has 1 aromatic rings. The van der Waals surface area contributed by atoms with Crippen LogP contribution in [0.2, 0.25) is 0 Å². The molecule has 0 aromatic heterocycles. The Hall–Kier alpha value is -2.42. The quantitative estimate of drug-likeness (QED) is 0.837. The summed E-state index contributed by atoms with van der Waals surface area (Å²) in [5.74, 6) is 0.806. The van der Waals surface area contributed by atoms with E-state index in [2.05, 4.69) is 47.4 Å². The third-order valence-corrected chi connectivity index (χ3v) is 4.72. The molecule has 4 rings (SSSR count). The van der Waals surface area contributed by atoms with Crippen LogP contribution in [-0.4, -0.2) is 17.5 Å². The Morgan fingerprint density at radius 1 is 1.09 bits per heavy atom. The third-order valence-electron chi connectivity index (χ3n) is 4.72. The minimum Gasteiger partial charge on any atom is -0.464 e. The summed E-state index contributed by atoms with van der Waals surface area (Å²) in [5, 5.41) is 0. The molecule has 23 heavy (non-hydrogen) atoms. The Labute approximate surface area is 137 Å². The zero-order valence-corrected chi connectivity index (χ0v) is 13.2. The van der Waals surface area contributed by atoms with Gasteiger partial charge in [0.15, 0.2) is 6.26 Å². The van der Waals surface area contributed by atoms with Crippen LogP contribution in [0.1, 0.15) is 24.0 Å². The monoisotopic (exact) mass is 307 g/mol. The average molecular weight is 307 g/mol. The lowest BCUT2D eigenvalue weighted by Crippen LogP contribution is -2.37. The van der Waals surface area contributed by atoms with Gasteiger partial charge in [-0.2, -0.15) is 0 Å². The highest BCUT2D eigenvalue weighted by atomic mass is 16.5. The number of rotatable bonds is 4. The second-order valence-corrected chi connectivity index (χ2v) is 6.23. The molecule has 0 amide bonds. The van der Waals surface area contributed by atoms with Crippen molar-refractivity contribution in [3.63, 3.8) is 0 Å². The lowest BCUT2D eigenvalue weighted by atomic mass is 10.0. The first-order valence-corrected chi connectivity index (χ1v) is 8.25. The number of hydrogen-bond donors (Lipinski definition) is 0. The van der Waals surface area contributed by atoms with E-state index in [1.54, 1.807) is 18.8 Å². The molecule has 3 nitrogen and oxygen atoms in total. The van der Waals surface area contributed by atoms with E-state index >= 15 is 0 Å². The van der Waals surface area contributed by atoms with E-state index in [4.69, 9.17) is 9.47 Å². The molecule has 3 aliphatic rings. The first kappa shape index (κ1) is 14.2. The topological polar surface area (TPSA) is 21.7 Å². The smallest absolute Gasteiger partial charge is 0.231 e. The molecule has 118 valence electrons. The van der Waals surface area contributed by atoms with Gasteiger partial charge in [0, 0.05) is 12.6 Å². The maximum atomic E-state index is 5.73. The van der Waals surface area contributed by atoms with Crippen molar-refractivity contribution in [1.29, 1.82) is 0 Å². The van der Waals surface area contributed by atoms with Crippen molar-refractivity contribution in [2.75, 3.05) is 6.54 Å². The highest BCUT2D eigenvalue weighted by molar-refractivity contribution is 5.34. The Morgan fingerprint density at radius 2 is 1.91 bits per heavy atom. The van der Waals surface area contributed by atoms with Crippen molar-refractivity contribution in [3.05, 3.63) is 83.9 Å². The number of benzene rings is 1. The molecule has 0 bridgehead atoms. The van der Waals surface area contributed by atoms with Gasteiger partial charge < -0.3 is 14.4 Å². The number of hydrogen-bond acceptors (Lipinski definition) is 3. The van der Waals surface area contributed by atoms with Gasteiger partial charge in [0.1, 0.15) is 12.5 Å². The normalized spacial score (nSPS) is 19.5. The van der Waals surface area contributed by atoms with Crippen molar-refractivity contribution >= 4 is 0 Å². The molecular formula is C20H21NO2. The summed E-state index contributed by atoms with van der Waals surface area (Å²) in [4.78, 5) is 2.36. The van der Waals surface area contributed by atoms with Gasteiger partial charge in [0.2, 0.25) is 5.88 Å². The van der Waals surface area contributed by atoms with E-state index in [9.17, 15) is 0 Å². The second kappa shape index (κ2) is 6.37. The SMILES string of the molecule is C1=CCCC(CN(C2=COC=CO2)C2Cc3ccccc3C2)=C1. The van der Waals surface area contributed by atoms with Gasteiger partial charge in [-0.05, 0) is 36.8 Å². The minimum atomic E-state index is 0.417. The molecule has 0 atom stereocenters. The molecule has 0 fully saturated rings. The molecule has 1 aromatic carbocycles. The van der Waals surface area contributed by atoms with Gasteiger partial charge in [0.05, 0.1) is 0 Å². The van der Waals surface area contributed by atoms with Gasteiger partial charge in [-0.3, -0.25) is 0 Å². The summed E-state index contributed by atoms with van der Waals surface area (Å²) in [6, 6.07) is 9.15. The van der Waals surface area contributed by atoms with E-state index in [0.717, 1.165) is 38.1 Å². The van der Waals surface area contributed by atoms with E-state index in [0.29, 0.717) is 6.04 Å². The average Bonchev–Trinajstić information content (AvgIpc) is 3.05. The summed E-state index contributed by atoms with van der Waals surface area (Å²) in [6.45, 7) is 0.895. The third kappa shape index (κ3) is 3.04. The molecular weight excluding hydrogens is 286 g/mol. The first-order valence-electron chi connectivity index (χ1n) is 8.25. The van der Waals surface area contributed by atoms with Gasteiger partial charge in [-0.15, -0.1) is 0 Å². The lowest BCUT2D eigenvalue weighted by molar-refractivity contribution is 0.119. The molecule has 0 radical (unpaired) electrons. The molecule has 0 spiro atoms. The Bertz CT molecular complexity index is 674. The molecule has 0 N–H and O–H groups in total. The Kier molecular flexibility index (Phi) is 3.93. The molecule has 3 heteroatoms. The summed E-state index contributed by atoms with van der Waals surface area (Å²) < 4.78 is 11.1. The molecule has 1 aliphatic heterocycles. The van der Waals surface area contributed by atoms with Crippen LogP contribution in [-0.2, 0) is 22.3 Å². The fourth-order valence-electron chi connectivity index (χ4n) is 3.54. The van der Waals surface area contributed by atoms with Crippen LogP contribution in [0.4, 0.5) is 0 Å². The zero-order valence-electron chi connectivity index (χ0n) is 13.2. The van der Waals surface area contributed by atoms with Crippen molar-refractivity contribution in [2.45, 2.75) is 31.7 Å². The van der Waals surface area contributed by atoms with Gasteiger partial charge >= 0.3 is 0 Å². The van der Waals surface area contributed by atoms with Gasteiger partial charge in [0.25, 0.3) is 0 Å². The standard InChI is InChI=1S/C20H21NO2/c1-2-6-16(7-3-1)14-21(20-15-22-10-11-23-20)19-12-17-8-4-5-9-18(17)13-19/h1-2,4-6,8-11,15,19H,3,7,12-14H2. The summed E-state index contributed by atoms with van der Waals surface area (Å²) in [5.41, 5.74) is 4.35. The van der Waals surface area contributed by atoms with Crippen molar-refractivity contribution < 1.29 is 9.47 Å². The van der Waals surface area contributed by atoms with Crippen LogP contribution >= 0.6 is 0 Å². The highest BCUT2D eigenvalue weighted by Gasteiger charge is 2.30. The maximum absolute atomic E-state index is 5.73. The van der Waals surface area contributed by atoms with Crippen LogP contribution in [0.25, 0.3) is 0 Å². The maximum Gasteiger partial charge on any atom is 0.231 e. The number of allylic oxidation sites excluding steroid dienone is 3. The van der Waals surface area contributed by atoms with Crippen LogP contribution < -0.4 is 0 Å². The van der Waals surface area contributed by atoms with Crippen LogP contribution in [0.3, 0.4) is 0 Å². The van der Waals surface area contributed by atoms with E-state index in [1.807, 2.05) is 0 Å². The van der Waals surface area contributed by atoms with Crippen molar-refractivity contribution in [2.24, 2.45) is 0 Å². The summed E-state index contributed by atoms with van der Waals surface area (Å²) in [7, 11) is 0. The van der Waals surface area contributed by atoms with Crippen molar-refractivity contribution in [1.82, 2.24) is 4.90 Å². The highest BCUT2D eigenvalue weighted by Crippen LogP contribution is 2.30. The predicted molar refractivity (Wildman–Crippen MR) is 90.2 cm³/mol. The fourth-order valence-corrected chi connectivity index (χ4v) is 3.54. The second-order valence-electron chi connectivity index (χ2n) is 6.23. The van der Waals surface area contributed by atoms with Crippen LogP contribution in [0, 0.1) is 0 Å². The van der Waals surface area contributed by atoms with Gasteiger partial charge in [-0.1, -0.05) is 48.1 Å². The van der Waals surface area contributed by atoms with Crippen LogP contribution in [0.15, 0.2) is 72.7 Å². The number of fused-ring (bicyclic) bond motifs is 1. The largest absolute Gasteiger partial charge is 0.464 e. The zero-order chi connectivity index (χ0) is 15.5. The number of ether oxygens (including phenoxy) is 2. The minimum absolute atomic E-state index is 0.417. The summed E-state index contributed by atoms with van der Waals surface area (Å²) in [6.07, 6.45) is 15.9. The first-order chi connectivity index (χ1) is 11.4. The summed E-state index contributed by atoms with van der Waals surface area (Å²) >= 11 is 0. The van der Waals surface area contributed by atoms with E-state index in [1.165, 1.54) is 16.7 Å². The molecule has 0 saturated carbocycles. The van der Waals surface area contributed by atoms with Crippen LogP contribution in [0.5, 0.6) is 0 Å².